The lowest BCUT2D eigenvalue weighted by Gasteiger charge is -2.20. The Morgan fingerprint density at radius 3 is 2.68 bits per heavy atom. The number of nitrogens with two attached hydrogens (primary N) is 1. The summed E-state index contributed by atoms with van der Waals surface area (Å²) in [6, 6.07) is 5.29. The van der Waals surface area contributed by atoms with E-state index in [1.807, 2.05) is 13.0 Å². The molecule has 4 aromatic rings. The molecular weight excluding hydrogens is 444 g/mol. The first-order chi connectivity index (χ1) is 16.1. The molecule has 0 amide bonds. The van der Waals surface area contributed by atoms with Crippen LogP contribution in [0.1, 0.15) is 35.2 Å². The maximum absolute atomic E-state index is 14.5. The second kappa shape index (κ2) is 8.62. The average Bonchev–Trinajstić information content (AvgIpc) is 3.24. The number of hydrogen-bond acceptors (Lipinski definition) is 6. The van der Waals surface area contributed by atoms with Gasteiger partial charge in [0.25, 0.3) is 0 Å². The smallest absolute Gasteiger partial charge is 0.196 e. The first-order valence-electron chi connectivity index (χ1n) is 10.4. The van der Waals surface area contributed by atoms with Gasteiger partial charge in [-0.2, -0.15) is 5.10 Å². The van der Waals surface area contributed by atoms with Crippen LogP contribution in [0.5, 0.6) is 0 Å². The number of amidine groups is 1. The number of halogens is 2. The summed E-state index contributed by atoms with van der Waals surface area (Å²) >= 11 is 0. The van der Waals surface area contributed by atoms with Gasteiger partial charge in [-0.1, -0.05) is 11.2 Å². The van der Waals surface area contributed by atoms with Crippen molar-refractivity contribution in [3.8, 4) is 11.3 Å². The Kier molecular flexibility index (Phi) is 5.82. The Hall–Kier alpha value is -4.21. The zero-order valence-electron chi connectivity index (χ0n) is 19.0. The molecule has 4 rings (SSSR count). The predicted molar refractivity (Wildman–Crippen MR) is 125 cm³/mol. The second-order valence-electron chi connectivity index (χ2n) is 8.15. The lowest BCUT2D eigenvalue weighted by atomic mass is 9.99. The summed E-state index contributed by atoms with van der Waals surface area (Å²) in [6.45, 7) is 5.32. The van der Waals surface area contributed by atoms with E-state index in [1.165, 1.54) is 6.07 Å². The first-order valence-corrected chi connectivity index (χ1v) is 10.4. The number of aromatic nitrogens is 2. The van der Waals surface area contributed by atoms with Crippen molar-refractivity contribution in [2.75, 3.05) is 5.32 Å². The van der Waals surface area contributed by atoms with Gasteiger partial charge in [-0.05, 0) is 44.5 Å². The van der Waals surface area contributed by atoms with Gasteiger partial charge in [0.05, 0.1) is 28.8 Å². The third-order valence-corrected chi connectivity index (χ3v) is 5.66. The van der Waals surface area contributed by atoms with Crippen molar-refractivity contribution in [1.82, 2.24) is 9.78 Å². The van der Waals surface area contributed by atoms with Crippen molar-refractivity contribution >= 4 is 22.5 Å². The highest BCUT2D eigenvalue weighted by Gasteiger charge is 2.22. The molecular formula is C24H23F2N5O3. The van der Waals surface area contributed by atoms with Crippen LogP contribution in [0.3, 0.4) is 0 Å². The highest BCUT2D eigenvalue weighted by atomic mass is 19.2. The number of benzene rings is 2. The van der Waals surface area contributed by atoms with Crippen LogP contribution < -0.4 is 16.5 Å². The van der Waals surface area contributed by atoms with Gasteiger partial charge in [0.15, 0.2) is 22.9 Å². The summed E-state index contributed by atoms with van der Waals surface area (Å²) in [5, 5.41) is 19.5. The monoisotopic (exact) mass is 467 g/mol. The molecule has 2 heterocycles. The molecule has 0 spiro atoms. The van der Waals surface area contributed by atoms with Crippen molar-refractivity contribution in [1.29, 1.82) is 0 Å². The SMILES string of the molecule is Cc1cc(C(C)Nc2ccc(F)c(F)c2C(N)=NO)c2oc(-c3cnn(C)c3)c(C)c(=O)c2c1. The van der Waals surface area contributed by atoms with Crippen LogP contribution >= 0.6 is 0 Å². The molecule has 176 valence electrons. The van der Waals surface area contributed by atoms with Crippen LogP contribution in [0, 0.1) is 25.5 Å². The highest BCUT2D eigenvalue weighted by molar-refractivity contribution is 6.02. The van der Waals surface area contributed by atoms with Crippen LogP contribution in [-0.4, -0.2) is 20.8 Å². The van der Waals surface area contributed by atoms with Gasteiger partial charge in [0.2, 0.25) is 0 Å². The van der Waals surface area contributed by atoms with E-state index in [1.54, 1.807) is 44.0 Å². The maximum Gasteiger partial charge on any atom is 0.196 e. The van der Waals surface area contributed by atoms with E-state index < -0.39 is 29.1 Å². The molecule has 2 aromatic heterocycles. The number of hydrogen-bond donors (Lipinski definition) is 3. The number of rotatable bonds is 5. The molecule has 0 radical (unpaired) electrons. The molecule has 0 fully saturated rings. The fourth-order valence-corrected chi connectivity index (χ4v) is 3.99. The summed E-state index contributed by atoms with van der Waals surface area (Å²) in [4.78, 5) is 13.2. The van der Waals surface area contributed by atoms with E-state index in [9.17, 15) is 13.6 Å². The Morgan fingerprint density at radius 1 is 1.29 bits per heavy atom. The number of fused-ring (bicyclic) bond motifs is 1. The van der Waals surface area contributed by atoms with Gasteiger partial charge < -0.3 is 20.7 Å². The average molecular weight is 467 g/mol. The van der Waals surface area contributed by atoms with Crippen molar-refractivity contribution in [2.24, 2.45) is 17.9 Å². The second-order valence-corrected chi connectivity index (χ2v) is 8.15. The van der Waals surface area contributed by atoms with Crippen molar-refractivity contribution in [3.63, 3.8) is 0 Å². The molecule has 8 nitrogen and oxygen atoms in total. The molecule has 0 aliphatic heterocycles. The maximum atomic E-state index is 14.5. The summed E-state index contributed by atoms with van der Waals surface area (Å²) in [5.74, 6) is -2.57. The molecule has 2 aromatic carbocycles. The molecule has 1 atom stereocenters. The van der Waals surface area contributed by atoms with Crippen molar-refractivity contribution in [2.45, 2.75) is 26.8 Å². The van der Waals surface area contributed by atoms with Crippen LogP contribution in [0.15, 0.2) is 51.0 Å². The van der Waals surface area contributed by atoms with Crippen molar-refractivity contribution < 1.29 is 18.4 Å². The van der Waals surface area contributed by atoms with Gasteiger partial charge in [0.1, 0.15) is 11.3 Å². The van der Waals surface area contributed by atoms with E-state index in [0.29, 0.717) is 33.4 Å². The van der Waals surface area contributed by atoms with Crippen LogP contribution in [-0.2, 0) is 7.05 Å². The lowest BCUT2D eigenvalue weighted by molar-refractivity contribution is 0.318. The predicted octanol–water partition coefficient (Wildman–Crippen LogP) is 4.36. The Morgan fingerprint density at radius 2 is 2.03 bits per heavy atom. The van der Waals surface area contributed by atoms with Crippen LogP contribution in [0.25, 0.3) is 22.3 Å². The van der Waals surface area contributed by atoms with E-state index in [4.69, 9.17) is 15.4 Å². The molecule has 0 bridgehead atoms. The number of anilines is 1. The van der Waals surface area contributed by atoms with Gasteiger partial charge >= 0.3 is 0 Å². The Labute approximate surface area is 193 Å². The Bertz CT molecular complexity index is 1510. The molecule has 1 unspecified atom stereocenters. The lowest BCUT2D eigenvalue weighted by Crippen LogP contribution is -2.20. The minimum Gasteiger partial charge on any atom is -0.455 e. The molecule has 0 saturated carbocycles. The summed E-state index contributed by atoms with van der Waals surface area (Å²) < 4.78 is 36.1. The molecule has 34 heavy (non-hydrogen) atoms. The van der Waals surface area contributed by atoms with Gasteiger partial charge in [-0.15, -0.1) is 0 Å². The normalized spacial score (nSPS) is 12.8. The Balaban J connectivity index is 1.89. The zero-order valence-corrected chi connectivity index (χ0v) is 19.0. The largest absolute Gasteiger partial charge is 0.455 e. The molecule has 0 aliphatic carbocycles. The number of oxime groups is 1. The minimum absolute atomic E-state index is 0.110. The minimum atomic E-state index is -1.25. The topological polar surface area (TPSA) is 119 Å². The van der Waals surface area contributed by atoms with Gasteiger partial charge in [-0.3, -0.25) is 9.48 Å². The molecule has 0 saturated heterocycles. The summed E-state index contributed by atoms with van der Waals surface area (Å²) in [7, 11) is 1.76. The van der Waals surface area contributed by atoms with E-state index >= 15 is 0 Å². The van der Waals surface area contributed by atoms with E-state index in [2.05, 4.69) is 15.6 Å². The standard InChI is InChI=1S/C24H23F2N5O3/c1-11-7-15(13(3)29-18-6-5-17(25)20(26)19(18)24(27)30-33)23-16(8-11)21(32)12(2)22(34-23)14-9-28-31(4)10-14/h5-10,13,29,33H,1-4H3,(H2,27,30). The highest BCUT2D eigenvalue weighted by Crippen LogP contribution is 2.33. The quantitative estimate of drug-likeness (QED) is 0.174. The fraction of sp³-hybridized carbons (Fsp3) is 0.208. The molecule has 0 aliphatic rings. The zero-order chi connectivity index (χ0) is 24.7. The van der Waals surface area contributed by atoms with Crippen LogP contribution in [0.4, 0.5) is 14.5 Å². The summed E-state index contributed by atoms with van der Waals surface area (Å²) in [6.07, 6.45) is 3.36. The first kappa shape index (κ1) is 23.0. The van der Waals surface area contributed by atoms with Crippen molar-refractivity contribution in [3.05, 3.63) is 80.8 Å². The number of nitrogens with one attached hydrogen (secondary N) is 1. The molecule has 10 heteroatoms. The third-order valence-electron chi connectivity index (χ3n) is 5.66. The van der Waals surface area contributed by atoms with E-state index in [-0.39, 0.29) is 11.1 Å². The molecule has 4 N–H and O–H groups in total. The third kappa shape index (κ3) is 3.87. The fourth-order valence-electron chi connectivity index (χ4n) is 3.99. The van der Waals surface area contributed by atoms with Gasteiger partial charge in [0, 0.05) is 30.1 Å². The van der Waals surface area contributed by atoms with Crippen LogP contribution in [0.2, 0.25) is 0 Å². The van der Waals surface area contributed by atoms with Gasteiger partial charge in [-0.25, -0.2) is 8.78 Å². The van der Waals surface area contributed by atoms with E-state index in [0.717, 1.165) is 11.6 Å². The number of nitrogens with zero attached hydrogens (tertiary/aromatic N) is 3. The number of aryl methyl sites for hydroxylation is 2. The summed E-state index contributed by atoms with van der Waals surface area (Å²) in [5.41, 5.74) is 8.03.